The molecule has 0 radical (unpaired) electrons. The first-order valence-electron chi connectivity index (χ1n) is 7.81. The Kier molecular flexibility index (Phi) is 11.7. The van der Waals surface area contributed by atoms with Crippen LogP contribution in [0.2, 0.25) is 0 Å². The minimum absolute atomic E-state index is 0. The van der Waals surface area contributed by atoms with Crippen molar-refractivity contribution in [2.24, 2.45) is 31.9 Å². The number of hydrogen-bond acceptors (Lipinski definition) is 6. The van der Waals surface area contributed by atoms with Crippen LogP contribution in [-0.4, -0.2) is 23.5 Å². The van der Waals surface area contributed by atoms with E-state index >= 15 is 0 Å². The van der Waals surface area contributed by atoms with E-state index in [4.69, 9.17) is 11.5 Å². The average Bonchev–Trinajstić information content (AvgIpc) is 2.65. The Labute approximate surface area is 180 Å². The molecule has 29 heavy (non-hydrogen) atoms. The van der Waals surface area contributed by atoms with E-state index in [1.165, 1.54) is 12.1 Å². The SMILES string of the molecule is C/C(=N\N=C(/N)[O-])c1ccccc1F.C/C(=N\N=C(/N)[O-])c1ccccc1F.[Pd+2]. The summed E-state index contributed by atoms with van der Waals surface area (Å²) in [4.78, 5) is 0. The normalized spacial score (nSPS) is 12.6. The van der Waals surface area contributed by atoms with Gasteiger partial charge in [-0.15, -0.1) is 10.2 Å². The van der Waals surface area contributed by atoms with Gasteiger partial charge in [0.1, 0.15) is 11.6 Å². The fourth-order valence-electron chi connectivity index (χ4n) is 1.87. The zero-order valence-electron chi connectivity index (χ0n) is 15.5. The third-order valence-corrected chi connectivity index (χ3v) is 3.12. The molecule has 0 saturated carbocycles. The fraction of sp³-hybridized carbons (Fsp3) is 0.111. The van der Waals surface area contributed by atoms with Crippen molar-refractivity contribution in [2.75, 3.05) is 0 Å². The molecular weight excluding hydrogens is 477 g/mol. The predicted molar refractivity (Wildman–Crippen MR) is 100 cm³/mol. The zero-order chi connectivity index (χ0) is 21.1. The van der Waals surface area contributed by atoms with Gasteiger partial charge in [-0.3, -0.25) is 0 Å². The second kappa shape index (κ2) is 13.1. The first-order chi connectivity index (χ1) is 13.2. The van der Waals surface area contributed by atoms with E-state index in [1.807, 2.05) is 0 Å². The second-order valence-corrected chi connectivity index (χ2v) is 5.21. The molecule has 0 aromatic heterocycles. The number of halogens is 2. The van der Waals surface area contributed by atoms with E-state index in [0.29, 0.717) is 22.6 Å². The van der Waals surface area contributed by atoms with Crippen LogP contribution in [0.4, 0.5) is 8.78 Å². The maximum absolute atomic E-state index is 13.1. The number of rotatable bonds is 4. The number of amidine groups is 2. The molecule has 0 aliphatic heterocycles. The molecule has 0 bridgehead atoms. The first-order valence-corrected chi connectivity index (χ1v) is 7.81. The molecule has 2 rings (SSSR count). The van der Waals surface area contributed by atoms with Crippen LogP contribution in [0.25, 0.3) is 0 Å². The molecule has 0 saturated heterocycles. The third-order valence-electron chi connectivity index (χ3n) is 3.12. The molecule has 11 heteroatoms. The van der Waals surface area contributed by atoms with Crippen molar-refractivity contribution >= 4 is 23.5 Å². The van der Waals surface area contributed by atoms with Gasteiger partial charge in [0.25, 0.3) is 0 Å². The van der Waals surface area contributed by atoms with E-state index < -0.39 is 23.7 Å². The molecule has 0 aliphatic rings. The van der Waals surface area contributed by atoms with Crippen molar-refractivity contribution < 1.29 is 39.4 Å². The van der Waals surface area contributed by atoms with E-state index in [9.17, 15) is 19.0 Å². The molecular formula is C18H18F2N6O2Pd. The molecule has 0 amide bonds. The number of nitrogens with zero attached hydrogens (tertiary/aromatic N) is 4. The van der Waals surface area contributed by atoms with Gasteiger partial charge in [-0.05, 0) is 26.0 Å². The van der Waals surface area contributed by atoms with Crippen LogP contribution in [0, 0.1) is 11.6 Å². The van der Waals surface area contributed by atoms with E-state index in [1.54, 1.807) is 50.2 Å². The van der Waals surface area contributed by atoms with Crippen molar-refractivity contribution in [1.29, 1.82) is 0 Å². The summed E-state index contributed by atoms with van der Waals surface area (Å²) in [7, 11) is 0. The van der Waals surface area contributed by atoms with Crippen LogP contribution >= 0.6 is 0 Å². The number of nitrogens with two attached hydrogens (primary N) is 2. The van der Waals surface area contributed by atoms with Gasteiger partial charge < -0.3 is 21.7 Å². The molecule has 0 spiro atoms. The molecule has 2 aromatic rings. The Balaban J connectivity index is 0.000000523. The van der Waals surface area contributed by atoms with Crippen molar-refractivity contribution in [2.45, 2.75) is 13.8 Å². The minimum atomic E-state index is -0.902. The maximum Gasteiger partial charge on any atom is 2.00 e. The fourth-order valence-corrected chi connectivity index (χ4v) is 1.87. The number of benzene rings is 2. The molecule has 4 N–H and O–H groups in total. The monoisotopic (exact) mass is 494 g/mol. The van der Waals surface area contributed by atoms with Crippen molar-refractivity contribution in [3.63, 3.8) is 0 Å². The Hall–Kier alpha value is -3.16. The quantitative estimate of drug-likeness (QED) is 0.275. The zero-order valence-corrected chi connectivity index (χ0v) is 17.0. The van der Waals surface area contributed by atoms with Gasteiger partial charge >= 0.3 is 20.4 Å². The molecule has 0 aliphatic carbocycles. The van der Waals surface area contributed by atoms with Gasteiger partial charge in [0, 0.05) is 11.1 Å². The topological polar surface area (TPSA) is 148 Å². The summed E-state index contributed by atoms with van der Waals surface area (Å²) in [6, 6.07) is 10.4. The van der Waals surface area contributed by atoms with Gasteiger partial charge in [-0.25, -0.2) is 8.78 Å². The largest absolute Gasteiger partial charge is 2.00 e. The van der Waals surface area contributed by atoms with Crippen molar-refractivity contribution in [3.05, 3.63) is 71.3 Å². The Morgan fingerprint density at radius 1 is 0.690 bits per heavy atom. The Bertz CT molecular complexity index is 849. The molecule has 8 nitrogen and oxygen atoms in total. The minimum Gasteiger partial charge on any atom is -0.845 e. The van der Waals surface area contributed by atoms with Crippen LogP contribution in [0.15, 0.2) is 68.9 Å². The number of hydrogen-bond donors (Lipinski definition) is 2. The molecule has 2 aromatic carbocycles. The second-order valence-electron chi connectivity index (χ2n) is 5.21. The van der Waals surface area contributed by atoms with Gasteiger partial charge in [0.05, 0.1) is 23.5 Å². The third kappa shape index (κ3) is 9.55. The van der Waals surface area contributed by atoms with Gasteiger partial charge in [0.15, 0.2) is 0 Å². The molecule has 156 valence electrons. The van der Waals surface area contributed by atoms with Crippen LogP contribution in [0.1, 0.15) is 25.0 Å². The standard InChI is InChI=1S/2C9H10FN3O.Pd/c2*1-6(12-13-9(11)14)7-4-2-3-5-8(7)10;/h2*2-5H,1H3,(H3,11,13,14);/q;;+2/p-2/b2*12-6+;. The molecule has 0 unspecified atom stereocenters. The average molecular weight is 495 g/mol. The summed E-state index contributed by atoms with van der Waals surface area (Å²) in [6.07, 6.45) is 0. The summed E-state index contributed by atoms with van der Waals surface area (Å²) in [6.45, 7) is 3.09. The van der Waals surface area contributed by atoms with Crippen molar-refractivity contribution in [1.82, 2.24) is 0 Å². The van der Waals surface area contributed by atoms with Gasteiger partial charge in [-0.1, -0.05) is 36.4 Å². The summed E-state index contributed by atoms with van der Waals surface area (Å²) in [5, 5.41) is 33.7. The predicted octanol–water partition coefficient (Wildman–Crippen LogP) is 0.447. The molecule has 0 fully saturated rings. The summed E-state index contributed by atoms with van der Waals surface area (Å²) in [5.41, 5.74) is 10.7. The summed E-state index contributed by atoms with van der Waals surface area (Å²) < 4.78 is 26.3. The smallest absolute Gasteiger partial charge is 0.845 e. The molecule has 0 atom stereocenters. The van der Waals surface area contributed by atoms with Crippen molar-refractivity contribution in [3.8, 4) is 0 Å². The van der Waals surface area contributed by atoms with Crippen LogP contribution in [0.5, 0.6) is 0 Å². The molecule has 0 heterocycles. The van der Waals surface area contributed by atoms with Crippen LogP contribution in [0.3, 0.4) is 0 Å². The van der Waals surface area contributed by atoms with E-state index in [2.05, 4.69) is 20.4 Å². The summed E-state index contributed by atoms with van der Waals surface area (Å²) >= 11 is 0. The Morgan fingerprint density at radius 3 is 1.28 bits per heavy atom. The van der Waals surface area contributed by atoms with E-state index in [0.717, 1.165) is 0 Å². The van der Waals surface area contributed by atoms with Crippen LogP contribution in [-0.2, 0) is 20.4 Å². The van der Waals surface area contributed by atoms with Crippen LogP contribution < -0.4 is 21.7 Å². The van der Waals surface area contributed by atoms with Gasteiger partial charge in [0.2, 0.25) is 0 Å². The maximum atomic E-state index is 13.1. The Morgan fingerprint density at radius 2 is 1.00 bits per heavy atom. The first kappa shape index (κ1) is 25.8. The van der Waals surface area contributed by atoms with Gasteiger partial charge in [-0.2, -0.15) is 10.2 Å². The summed E-state index contributed by atoms with van der Waals surface area (Å²) in [5.74, 6) is -0.818. The van der Waals surface area contributed by atoms with E-state index in [-0.39, 0.29) is 20.4 Å².